The smallest absolute Gasteiger partial charge is 0.275 e. The van der Waals surface area contributed by atoms with Gasteiger partial charge in [-0.2, -0.15) is 0 Å². The molecule has 3 rings (SSSR count). The third-order valence-corrected chi connectivity index (χ3v) is 3.11. The Morgan fingerprint density at radius 2 is 2.00 bits per heavy atom. The van der Waals surface area contributed by atoms with Gasteiger partial charge in [0.25, 0.3) is 5.91 Å². The third kappa shape index (κ3) is 2.36. The summed E-state index contributed by atoms with van der Waals surface area (Å²) in [7, 11) is 0. The van der Waals surface area contributed by atoms with Gasteiger partial charge in [-0.15, -0.1) is 0 Å². The number of benzene rings is 1. The second-order valence-electron chi connectivity index (χ2n) is 4.54. The van der Waals surface area contributed by atoms with Crippen molar-refractivity contribution >= 4 is 17.8 Å². The standard InChI is InChI=1S/C16H13N3O/c1-11-5-2-3-6-12(11)9-14-16(20)19-15(18-14)13-7-4-8-17-10-13/h2-10H,1H3,(H,18,19,20)/b14-9-. The van der Waals surface area contributed by atoms with Crippen LogP contribution in [-0.2, 0) is 4.79 Å². The fourth-order valence-electron chi connectivity index (χ4n) is 2.00. The molecule has 2 aromatic rings. The number of pyridine rings is 1. The lowest BCUT2D eigenvalue weighted by molar-refractivity contribution is -0.115. The molecule has 0 saturated heterocycles. The third-order valence-electron chi connectivity index (χ3n) is 3.11. The summed E-state index contributed by atoms with van der Waals surface area (Å²) in [5.74, 6) is 0.357. The number of carbonyl (C=O) groups is 1. The number of aromatic nitrogens is 1. The Balaban J connectivity index is 1.97. The first-order valence-corrected chi connectivity index (χ1v) is 6.32. The quantitative estimate of drug-likeness (QED) is 0.845. The van der Waals surface area contributed by atoms with E-state index in [0.29, 0.717) is 11.5 Å². The maximum absolute atomic E-state index is 12.0. The molecule has 1 aromatic carbocycles. The number of rotatable bonds is 2. The molecule has 98 valence electrons. The average molecular weight is 263 g/mol. The van der Waals surface area contributed by atoms with Crippen LogP contribution in [0, 0.1) is 6.92 Å². The number of amidine groups is 1. The monoisotopic (exact) mass is 263 g/mol. The summed E-state index contributed by atoms with van der Waals surface area (Å²) in [6.07, 6.45) is 5.16. The lowest BCUT2D eigenvalue weighted by Crippen LogP contribution is -2.24. The molecule has 0 fully saturated rings. The van der Waals surface area contributed by atoms with Gasteiger partial charge < -0.3 is 5.32 Å². The first-order chi connectivity index (χ1) is 9.74. The highest BCUT2D eigenvalue weighted by Crippen LogP contribution is 2.16. The Labute approximate surface area is 116 Å². The molecular weight excluding hydrogens is 250 g/mol. The topological polar surface area (TPSA) is 54.4 Å². The van der Waals surface area contributed by atoms with Gasteiger partial charge >= 0.3 is 0 Å². The number of hydrogen-bond acceptors (Lipinski definition) is 3. The Kier molecular flexibility index (Phi) is 3.13. The Morgan fingerprint density at radius 1 is 1.15 bits per heavy atom. The van der Waals surface area contributed by atoms with Gasteiger partial charge in [0.1, 0.15) is 11.5 Å². The van der Waals surface area contributed by atoms with Crippen molar-refractivity contribution in [3.8, 4) is 0 Å². The molecule has 4 nitrogen and oxygen atoms in total. The Hall–Kier alpha value is -2.75. The average Bonchev–Trinajstić information content (AvgIpc) is 2.84. The van der Waals surface area contributed by atoms with Crippen LogP contribution in [0.15, 0.2) is 59.5 Å². The van der Waals surface area contributed by atoms with Crippen molar-refractivity contribution in [3.05, 3.63) is 71.2 Å². The fraction of sp³-hybridized carbons (Fsp3) is 0.0625. The van der Waals surface area contributed by atoms with E-state index in [1.165, 1.54) is 0 Å². The molecule has 1 aliphatic rings. The van der Waals surface area contributed by atoms with Gasteiger partial charge in [-0.1, -0.05) is 24.3 Å². The minimum Gasteiger partial charge on any atom is -0.305 e. The van der Waals surface area contributed by atoms with Crippen LogP contribution >= 0.6 is 0 Å². The lowest BCUT2D eigenvalue weighted by Gasteiger charge is -1.98. The van der Waals surface area contributed by atoms with Crippen molar-refractivity contribution in [1.82, 2.24) is 10.3 Å². The van der Waals surface area contributed by atoms with Crippen LogP contribution in [-0.4, -0.2) is 16.7 Å². The molecule has 2 heterocycles. The Bertz CT molecular complexity index is 718. The van der Waals surface area contributed by atoms with Crippen LogP contribution in [0.5, 0.6) is 0 Å². The highest BCUT2D eigenvalue weighted by molar-refractivity contribution is 6.19. The molecule has 1 N–H and O–H groups in total. The molecule has 0 spiro atoms. The number of carbonyl (C=O) groups excluding carboxylic acids is 1. The molecule has 0 bridgehead atoms. The largest absolute Gasteiger partial charge is 0.305 e. The van der Waals surface area contributed by atoms with Crippen molar-refractivity contribution in [2.45, 2.75) is 6.92 Å². The molecule has 4 heteroatoms. The van der Waals surface area contributed by atoms with E-state index in [1.54, 1.807) is 18.5 Å². The molecule has 0 radical (unpaired) electrons. The van der Waals surface area contributed by atoms with E-state index in [1.807, 2.05) is 43.3 Å². The lowest BCUT2D eigenvalue weighted by atomic mass is 10.1. The van der Waals surface area contributed by atoms with E-state index in [2.05, 4.69) is 15.3 Å². The fourth-order valence-corrected chi connectivity index (χ4v) is 2.00. The molecular formula is C16H13N3O. The van der Waals surface area contributed by atoms with E-state index in [0.717, 1.165) is 16.7 Å². The van der Waals surface area contributed by atoms with Gasteiger partial charge in [-0.25, -0.2) is 4.99 Å². The SMILES string of the molecule is Cc1ccccc1/C=C1\N=C(c2cccnc2)NC1=O. The van der Waals surface area contributed by atoms with Crippen molar-refractivity contribution in [2.75, 3.05) is 0 Å². The van der Waals surface area contributed by atoms with Gasteiger partial charge in [0.15, 0.2) is 0 Å². The molecule has 0 unspecified atom stereocenters. The highest BCUT2D eigenvalue weighted by Gasteiger charge is 2.21. The van der Waals surface area contributed by atoms with Crippen LogP contribution in [0.2, 0.25) is 0 Å². The van der Waals surface area contributed by atoms with Gasteiger partial charge in [-0.05, 0) is 36.3 Å². The summed E-state index contributed by atoms with van der Waals surface area (Å²) in [5, 5.41) is 2.76. The number of nitrogens with zero attached hydrogens (tertiary/aromatic N) is 2. The van der Waals surface area contributed by atoms with Crippen LogP contribution < -0.4 is 5.32 Å². The molecule has 1 amide bonds. The number of nitrogens with one attached hydrogen (secondary N) is 1. The molecule has 1 aromatic heterocycles. The van der Waals surface area contributed by atoms with Crippen LogP contribution in [0.3, 0.4) is 0 Å². The summed E-state index contributed by atoms with van der Waals surface area (Å²) >= 11 is 0. The minimum atomic E-state index is -0.188. The Morgan fingerprint density at radius 3 is 2.75 bits per heavy atom. The van der Waals surface area contributed by atoms with Crippen LogP contribution in [0.1, 0.15) is 16.7 Å². The molecule has 0 aliphatic carbocycles. The zero-order chi connectivity index (χ0) is 13.9. The molecule has 1 aliphatic heterocycles. The van der Waals surface area contributed by atoms with E-state index < -0.39 is 0 Å². The number of aryl methyl sites for hydroxylation is 1. The summed E-state index contributed by atoms with van der Waals surface area (Å²) < 4.78 is 0. The summed E-state index contributed by atoms with van der Waals surface area (Å²) in [5.41, 5.74) is 3.32. The summed E-state index contributed by atoms with van der Waals surface area (Å²) in [4.78, 5) is 20.3. The predicted octanol–water partition coefficient (Wildman–Crippen LogP) is 2.31. The van der Waals surface area contributed by atoms with Crippen molar-refractivity contribution in [3.63, 3.8) is 0 Å². The molecule has 0 atom stereocenters. The zero-order valence-electron chi connectivity index (χ0n) is 11.0. The highest BCUT2D eigenvalue weighted by atomic mass is 16.2. The van der Waals surface area contributed by atoms with Crippen LogP contribution in [0.4, 0.5) is 0 Å². The van der Waals surface area contributed by atoms with E-state index >= 15 is 0 Å². The molecule has 20 heavy (non-hydrogen) atoms. The summed E-state index contributed by atoms with van der Waals surface area (Å²) in [6, 6.07) is 11.6. The first-order valence-electron chi connectivity index (χ1n) is 6.32. The predicted molar refractivity (Wildman–Crippen MR) is 78.1 cm³/mol. The van der Waals surface area contributed by atoms with Crippen molar-refractivity contribution < 1.29 is 4.79 Å². The van der Waals surface area contributed by atoms with E-state index in [-0.39, 0.29) is 5.91 Å². The van der Waals surface area contributed by atoms with Crippen molar-refractivity contribution in [1.29, 1.82) is 0 Å². The number of aliphatic imine (C=N–C) groups is 1. The van der Waals surface area contributed by atoms with Gasteiger partial charge in [0.2, 0.25) is 0 Å². The van der Waals surface area contributed by atoms with Gasteiger partial charge in [0, 0.05) is 18.0 Å². The summed E-state index contributed by atoms with van der Waals surface area (Å²) in [6.45, 7) is 2.00. The van der Waals surface area contributed by atoms with Gasteiger partial charge in [-0.3, -0.25) is 9.78 Å². The zero-order valence-corrected chi connectivity index (χ0v) is 11.0. The normalized spacial score (nSPS) is 16.1. The van der Waals surface area contributed by atoms with Crippen LogP contribution in [0.25, 0.3) is 6.08 Å². The first kappa shape index (κ1) is 12.3. The number of amides is 1. The van der Waals surface area contributed by atoms with Gasteiger partial charge in [0.05, 0.1) is 0 Å². The van der Waals surface area contributed by atoms with E-state index in [9.17, 15) is 4.79 Å². The van der Waals surface area contributed by atoms with Crippen molar-refractivity contribution in [2.24, 2.45) is 4.99 Å². The second kappa shape index (κ2) is 5.09. The maximum Gasteiger partial charge on any atom is 0.275 e. The molecule has 0 saturated carbocycles. The number of hydrogen-bond donors (Lipinski definition) is 1. The second-order valence-corrected chi connectivity index (χ2v) is 4.54. The maximum atomic E-state index is 12.0. The van der Waals surface area contributed by atoms with E-state index in [4.69, 9.17) is 0 Å². The minimum absolute atomic E-state index is 0.188.